The molecule has 0 radical (unpaired) electrons. The quantitative estimate of drug-likeness (QED) is 0.842. The highest BCUT2D eigenvalue weighted by Crippen LogP contribution is 2.35. The molecule has 0 saturated heterocycles. The second-order valence-electron chi connectivity index (χ2n) is 5.32. The molecule has 0 spiro atoms. The zero-order chi connectivity index (χ0) is 17.9. The minimum absolute atomic E-state index is 0.165. The van der Waals surface area contributed by atoms with E-state index < -0.39 is 17.7 Å². The van der Waals surface area contributed by atoms with Crippen LogP contribution in [-0.2, 0) is 20.5 Å². The predicted octanol–water partition coefficient (Wildman–Crippen LogP) is 1.55. The van der Waals surface area contributed by atoms with Crippen LogP contribution in [0.25, 0.3) is 0 Å². The Morgan fingerprint density at radius 3 is 2.62 bits per heavy atom. The fraction of sp³-hybridized carbons (Fsp3) is 0.400. The summed E-state index contributed by atoms with van der Waals surface area (Å²) in [6.45, 7) is -0.635. The summed E-state index contributed by atoms with van der Waals surface area (Å²) in [5, 5.41) is 2.50. The number of carbonyl (C=O) groups excluding carboxylic acids is 2. The SMILES string of the molecule is CN(C)C(=O)CNc1ccc(C2=NCC(=O)OC2)cc1C(F)(F)F. The van der Waals surface area contributed by atoms with Crippen molar-refractivity contribution in [3.05, 3.63) is 29.3 Å². The van der Waals surface area contributed by atoms with Gasteiger partial charge < -0.3 is 15.0 Å². The van der Waals surface area contributed by atoms with Gasteiger partial charge in [0.05, 0.1) is 17.8 Å². The van der Waals surface area contributed by atoms with Crippen molar-refractivity contribution in [3.63, 3.8) is 0 Å². The van der Waals surface area contributed by atoms with Crippen LogP contribution >= 0.6 is 0 Å². The van der Waals surface area contributed by atoms with E-state index in [1.54, 1.807) is 0 Å². The minimum atomic E-state index is -4.61. The van der Waals surface area contributed by atoms with Gasteiger partial charge >= 0.3 is 12.1 Å². The highest BCUT2D eigenvalue weighted by molar-refractivity contribution is 6.04. The van der Waals surface area contributed by atoms with E-state index in [4.69, 9.17) is 4.74 Å². The molecule has 24 heavy (non-hydrogen) atoms. The lowest BCUT2D eigenvalue weighted by atomic mass is 10.0. The van der Waals surface area contributed by atoms with Gasteiger partial charge in [-0.1, -0.05) is 6.07 Å². The molecule has 0 fully saturated rings. The first-order chi connectivity index (χ1) is 11.2. The molecule has 1 aliphatic heterocycles. The molecule has 1 N–H and O–H groups in total. The topological polar surface area (TPSA) is 71.0 Å². The summed E-state index contributed by atoms with van der Waals surface area (Å²) >= 11 is 0. The first-order valence-electron chi connectivity index (χ1n) is 7.03. The van der Waals surface area contributed by atoms with Crippen molar-refractivity contribution < 1.29 is 27.5 Å². The zero-order valence-electron chi connectivity index (χ0n) is 13.1. The first-order valence-corrected chi connectivity index (χ1v) is 7.03. The maximum atomic E-state index is 13.3. The Kier molecular flexibility index (Phi) is 5.10. The average molecular weight is 343 g/mol. The molecule has 130 valence electrons. The summed E-state index contributed by atoms with van der Waals surface area (Å²) in [6, 6.07) is 3.61. The number of aliphatic imine (C=N–C) groups is 1. The van der Waals surface area contributed by atoms with Gasteiger partial charge in [0.2, 0.25) is 5.91 Å². The number of cyclic esters (lactones) is 1. The molecule has 0 bridgehead atoms. The molecule has 1 amide bonds. The molecular weight excluding hydrogens is 327 g/mol. The summed E-state index contributed by atoms with van der Waals surface area (Å²) in [6.07, 6.45) is -4.61. The predicted molar refractivity (Wildman–Crippen MR) is 81.0 cm³/mol. The fourth-order valence-electron chi connectivity index (χ4n) is 2.02. The van der Waals surface area contributed by atoms with Crippen LogP contribution in [0.4, 0.5) is 18.9 Å². The highest BCUT2D eigenvalue weighted by atomic mass is 19.4. The van der Waals surface area contributed by atoms with Crippen LogP contribution in [0.15, 0.2) is 23.2 Å². The summed E-state index contributed by atoms with van der Waals surface area (Å²) in [5.74, 6) is -0.869. The lowest BCUT2D eigenvalue weighted by Gasteiger charge is -2.18. The van der Waals surface area contributed by atoms with Crippen molar-refractivity contribution in [2.24, 2.45) is 4.99 Å². The zero-order valence-corrected chi connectivity index (χ0v) is 13.1. The number of hydrogen-bond acceptors (Lipinski definition) is 5. The number of rotatable bonds is 4. The number of ether oxygens (including phenoxy) is 1. The molecule has 6 nitrogen and oxygen atoms in total. The van der Waals surface area contributed by atoms with Gasteiger partial charge in [-0.15, -0.1) is 0 Å². The van der Waals surface area contributed by atoms with Gasteiger partial charge in [0.1, 0.15) is 13.2 Å². The van der Waals surface area contributed by atoms with E-state index in [9.17, 15) is 22.8 Å². The third-order valence-corrected chi connectivity index (χ3v) is 3.36. The van der Waals surface area contributed by atoms with Gasteiger partial charge in [-0.3, -0.25) is 14.6 Å². The second-order valence-corrected chi connectivity index (χ2v) is 5.32. The molecule has 0 atom stereocenters. The number of esters is 1. The normalized spacial score (nSPS) is 14.7. The van der Waals surface area contributed by atoms with Crippen LogP contribution in [-0.4, -0.2) is 56.3 Å². The third-order valence-electron chi connectivity index (χ3n) is 3.36. The van der Waals surface area contributed by atoms with Crippen LogP contribution in [0, 0.1) is 0 Å². The number of anilines is 1. The number of benzene rings is 1. The Balaban J connectivity index is 2.29. The van der Waals surface area contributed by atoms with Crippen molar-refractivity contribution in [1.29, 1.82) is 0 Å². The molecule has 0 saturated carbocycles. The standard InChI is InChI=1S/C15H16F3N3O3/c1-21(2)13(22)6-19-11-4-3-9(5-10(11)15(16,17)18)12-8-24-14(23)7-20-12/h3-5,19H,6-8H2,1-2H3. The number of amides is 1. The smallest absolute Gasteiger partial charge is 0.418 e. The number of nitrogens with one attached hydrogen (secondary N) is 1. The molecule has 1 aliphatic rings. The Hall–Kier alpha value is -2.58. The molecule has 1 aromatic rings. The van der Waals surface area contributed by atoms with Crippen LogP contribution in [0.1, 0.15) is 11.1 Å². The molecular formula is C15H16F3N3O3. The van der Waals surface area contributed by atoms with Gasteiger partial charge in [0.15, 0.2) is 0 Å². The molecule has 0 aromatic heterocycles. The molecule has 1 aromatic carbocycles. The van der Waals surface area contributed by atoms with E-state index in [1.165, 1.54) is 31.1 Å². The monoisotopic (exact) mass is 343 g/mol. The highest BCUT2D eigenvalue weighted by Gasteiger charge is 2.34. The minimum Gasteiger partial charge on any atom is -0.458 e. The van der Waals surface area contributed by atoms with Crippen LogP contribution in [0.2, 0.25) is 0 Å². The van der Waals surface area contributed by atoms with E-state index in [0.717, 1.165) is 6.07 Å². The number of likely N-dealkylation sites (N-methyl/N-ethyl adjacent to an activating group) is 1. The Bertz CT molecular complexity index is 684. The summed E-state index contributed by atoms with van der Waals surface area (Å²) in [4.78, 5) is 27.7. The lowest BCUT2D eigenvalue weighted by molar-refractivity contribution is -0.141. The van der Waals surface area contributed by atoms with Gasteiger partial charge in [0, 0.05) is 19.8 Å². The van der Waals surface area contributed by atoms with Crippen LogP contribution in [0.3, 0.4) is 0 Å². The average Bonchev–Trinajstić information content (AvgIpc) is 2.52. The van der Waals surface area contributed by atoms with E-state index in [2.05, 4.69) is 10.3 Å². The van der Waals surface area contributed by atoms with Crippen molar-refractivity contribution in [2.45, 2.75) is 6.18 Å². The van der Waals surface area contributed by atoms with E-state index in [1.807, 2.05) is 0 Å². The lowest BCUT2D eigenvalue weighted by Crippen LogP contribution is -2.29. The molecule has 2 rings (SSSR count). The van der Waals surface area contributed by atoms with Crippen molar-refractivity contribution in [2.75, 3.05) is 39.1 Å². The van der Waals surface area contributed by atoms with Crippen molar-refractivity contribution in [1.82, 2.24) is 4.90 Å². The Morgan fingerprint density at radius 2 is 2.08 bits per heavy atom. The summed E-state index contributed by atoms with van der Waals surface area (Å²) < 4.78 is 44.6. The largest absolute Gasteiger partial charge is 0.458 e. The molecule has 9 heteroatoms. The molecule has 0 unspecified atom stereocenters. The number of carbonyl (C=O) groups is 2. The van der Waals surface area contributed by atoms with E-state index in [-0.39, 0.29) is 42.6 Å². The molecule has 1 heterocycles. The van der Waals surface area contributed by atoms with Gasteiger partial charge in [-0.25, -0.2) is 0 Å². The number of nitrogens with zero attached hydrogens (tertiary/aromatic N) is 2. The van der Waals surface area contributed by atoms with Gasteiger partial charge in [-0.05, 0) is 17.7 Å². The third kappa shape index (κ3) is 4.24. The van der Waals surface area contributed by atoms with Crippen molar-refractivity contribution in [3.8, 4) is 0 Å². The number of alkyl halides is 3. The first kappa shape index (κ1) is 17.8. The maximum absolute atomic E-state index is 13.3. The van der Waals surface area contributed by atoms with Crippen molar-refractivity contribution >= 4 is 23.3 Å². The summed E-state index contributed by atoms with van der Waals surface area (Å²) in [7, 11) is 3.03. The van der Waals surface area contributed by atoms with E-state index >= 15 is 0 Å². The summed E-state index contributed by atoms with van der Waals surface area (Å²) in [5.41, 5.74) is -0.615. The fourth-order valence-corrected chi connectivity index (χ4v) is 2.02. The molecule has 0 aliphatic carbocycles. The van der Waals surface area contributed by atoms with Gasteiger partial charge in [-0.2, -0.15) is 13.2 Å². The Labute approximate surface area is 136 Å². The number of halogens is 3. The van der Waals surface area contributed by atoms with E-state index in [0.29, 0.717) is 0 Å². The second kappa shape index (κ2) is 6.90. The maximum Gasteiger partial charge on any atom is 0.418 e. The Morgan fingerprint density at radius 1 is 1.38 bits per heavy atom. The van der Waals surface area contributed by atoms with Crippen LogP contribution in [0.5, 0.6) is 0 Å². The number of hydrogen-bond donors (Lipinski definition) is 1. The van der Waals surface area contributed by atoms with Crippen LogP contribution < -0.4 is 5.32 Å². The van der Waals surface area contributed by atoms with Gasteiger partial charge in [0.25, 0.3) is 0 Å².